The number of ether oxygens (including phenoxy) is 3. The molecule has 3 N–H and O–H groups in total. The van der Waals surface area contributed by atoms with E-state index in [1.54, 1.807) is 59.7 Å². The van der Waals surface area contributed by atoms with E-state index in [1.165, 1.54) is 4.90 Å². The average Bonchev–Trinajstić information content (AvgIpc) is 3.31. The molecule has 0 spiro atoms. The van der Waals surface area contributed by atoms with Gasteiger partial charge in [-0.2, -0.15) is 0 Å². The van der Waals surface area contributed by atoms with Gasteiger partial charge in [-0.15, -0.1) is 0 Å². The highest BCUT2D eigenvalue weighted by Gasteiger charge is 2.38. The predicted molar refractivity (Wildman–Crippen MR) is 178 cm³/mol. The Hall–Kier alpha value is -5.39. The van der Waals surface area contributed by atoms with Crippen LogP contribution in [0.4, 0.5) is 20.1 Å². The molecule has 1 aliphatic carbocycles. The van der Waals surface area contributed by atoms with Crippen molar-refractivity contribution in [2.24, 2.45) is 4.99 Å². The molecule has 1 heterocycles. The first kappa shape index (κ1) is 34.0. The van der Waals surface area contributed by atoms with E-state index < -0.39 is 41.5 Å². The first-order valence-corrected chi connectivity index (χ1v) is 15.6. The highest BCUT2D eigenvalue weighted by Crippen LogP contribution is 2.44. The molecule has 0 saturated carbocycles. The summed E-state index contributed by atoms with van der Waals surface area (Å²) in [5.74, 6) is -1.68. The van der Waals surface area contributed by atoms with Crippen LogP contribution in [0.25, 0.3) is 11.1 Å². The van der Waals surface area contributed by atoms with Crippen LogP contribution >= 0.6 is 0 Å². The highest BCUT2D eigenvalue weighted by atomic mass is 16.6. The monoisotopic (exact) mass is 656 g/mol. The standard InChI is InChI=1S/C36H40N4O8/c1-35(2,3)47-32(43)38-31(39-33(44)48-36(4,5)6)37-28-17-11-12-21-19-40(29(30(41)42)18-26(21)28)34(45)46-20-27-24-15-9-7-13-22(24)23-14-8-10-16-25(23)27/h7-17,27,29H,18-20H2,1-6H3,(H,41,42)(H2,37,38,39,43,44). The van der Waals surface area contributed by atoms with E-state index in [2.05, 4.69) is 15.6 Å². The molecule has 252 valence electrons. The number of alkyl carbamates (subject to hydrolysis) is 2. The van der Waals surface area contributed by atoms with Crippen molar-refractivity contribution in [3.63, 3.8) is 0 Å². The molecular formula is C36H40N4O8. The smallest absolute Gasteiger partial charge is 0.414 e. The number of hydrogen-bond donors (Lipinski definition) is 3. The lowest BCUT2D eigenvalue weighted by molar-refractivity contribution is -0.143. The van der Waals surface area contributed by atoms with E-state index in [1.807, 2.05) is 48.5 Å². The van der Waals surface area contributed by atoms with Gasteiger partial charge in [0.1, 0.15) is 23.9 Å². The molecule has 5 rings (SSSR count). The molecule has 0 aromatic heterocycles. The summed E-state index contributed by atoms with van der Waals surface area (Å²) in [7, 11) is 0. The van der Waals surface area contributed by atoms with Crippen LogP contribution in [0, 0.1) is 0 Å². The lowest BCUT2D eigenvalue weighted by atomic mass is 9.92. The minimum Gasteiger partial charge on any atom is -0.480 e. The van der Waals surface area contributed by atoms with Gasteiger partial charge in [0, 0.05) is 12.3 Å². The largest absolute Gasteiger partial charge is 0.480 e. The summed E-state index contributed by atoms with van der Waals surface area (Å²) in [6, 6.07) is 19.7. The second kappa shape index (κ2) is 13.4. The normalized spacial score (nSPS) is 15.3. The van der Waals surface area contributed by atoms with E-state index in [4.69, 9.17) is 14.2 Å². The molecule has 1 aliphatic heterocycles. The van der Waals surface area contributed by atoms with Gasteiger partial charge < -0.3 is 19.3 Å². The van der Waals surface area contributed by atoms with Gasteiger partial charge in [-0.25, -0.2) is 24.2 Å². The zero-order chi connectivity index (χ0) is 34.8. The fourth-order valence-corrected chi connectivity index (χ4v) is 5.80. The third-order valence-electron chi connectivity index (χ3n) is 7.69. The molecule has 3 amide bonds. The van der Waals surface area contributed by atoms with Crippen molar-refractivity contribution in [2.75, 3.05) is 6.61 Å². The summed E-state index contributed by atoms with van der Waals surface area (Å²) >= 11 is 0. The molecule has 0 fully saturated rings. The second-order valence-electron chi connectivity index (χ2n) is 13.6. The topological polar surface area (TPSA) is 156 Å². The van der Waals surface area contributed by atoms with Crippen molar-refractivity contribution in [1.82, 2.24) is 15.5 Å². The van der Waals surface area contributed by atoms with Crippen LogP contribution in [0.5, 0.6) is 0 Å². The molecule has 0 bridgehead atoms. The number of hydrogen-bond acceptors (Lipinski definition) is 8. The lowest BCUT2D eigenvalue weighted by Crippen LogP contribution is -2.49. The molecule has 3 aromatic carbocycles. The van der Waals surface area contributed by atoms with Gasteiger partial charge >= 0.3 is 24.2 Å². The Morgan fingerprint density at radius 3 is 1.88 bits per heavy atom. The maximum atomic E-state index is 13.5. The summed E-state index contributed by atoms with van der Waals surface area (Å²) in [5.41, 5.74) is 4.05. The summed E-state index contributed by atoms with van der Waals surface area (Å²) in [6.07, 6.45) is -2.58. The van der Waals surface area contributed by atoms with Crippen molar-refractivity contribution < 1.29 is 38.5 Å². The zero-order valence-electron chi connectivity index (χ0n) is 27.8. The lowest BCUT2D eigenvalue weighted by Gasteiger charge is -2.34. The van der Waals surface area contributed by atoms with E-state index in [9.17, 15) is 24.3 Å². The Labute approximate surface area is 279 Å². The van der Waals surface area contributed by atoms with Crippen molar-refractivity contribution in [1.29, 1.82) is 0 Å². The Morgan fingerprint density at radius 2 is 1.35 bits per heavy atom. The van der Waals surface area contributed by atoms with Gasteiger partial charge in [-0.05, 0) is 81.0 Å². The molecular weight excluding hydrogens is 616 g/mol. The van der Waals surface area contributed by atoms with E-state index in [0.29, 0.717) is 11.1 Å². The van der Waals surface area contributed by atoms with Gasteiger partial charge in [-0.3, -0.25) is 15.5 Å². The Bertz CT molecular complexity index is 1690. The number of fused-ring (bicyclic) bond motifs is 4. The molecule has 12 heteroatoms. The number of aliphatic carboxylic acids is 1. The quantitative estimate of drug-likeness (QED) is 0.164. The van der Waals surface area contributed by atoms with Crippen LogP contribution in [-0.4, -0.2) is 64.1 Å². The van der Waals surface area contributed by atoms with Crippen molar-refractivity contribution in [3.8, 4) is 11.1 Å². The molecule has 12 nitrogen and oxygen atoms in total. The van der Waals surface area contributed by atoms with Crippen LogP contribution in [0.1, 0.15) is 69.7 Å². The molecule has 1 unspecified atom stereocenters. The van der Waals surface area contributed by atoms with E-state index in [-0.39, 0.29) is 37.1 Å². The Balaban J connectivity index is 1.39. The number of benzene rings is 3. The number of carboxylic acids is 1. The number of nitrogens with zero attached hydrogens (tertiary/aromatic N) is 2. The summed E-state index contributed by atoms with van der Waals surface area (Å²) in [4.78, 5) is 57.0. The number of nitrogens with one attached hydrogen (secondary N) is 2. The highest BCUT2D eigenvalue weighted by molar-refractivity contribution is 6.02. The number of carboxylic acid groups (broad SMARTS) is 1. The van der Waals surface area contributed by atoms with E-state index >= 15 is 0 Å². The van der Waals surface area contributed by atoms with Crippen molar-refractivity contribution in [2.45, 2.75) is 77.7 Å². The molecule has 48 heavy (non-hydrogen) atoms. The van der Waals surface area contributed by atoms with Gasteiger partial charge in [0.15, 0.2) is 0 Å². The zero-order valence-corrected chi connectivity index (χ0v) is 27.8. The van der Waals surface area contributed by atoms with Crippen molar-refractivity contribution in [3.05, 3.63) is 89.0 Å². The molecule has 3 aromatic rings. The van der Waals surface area contributed by atoms with Crippen molar-refractivity contribution >= 4 is 35.9 Å². The number of carbonyl (C=O) groups is 4. The minimum atomic E-state index is -1.26. The fourth-order valence-electron chi connectivity index (χ4n) is 5.80. The number of amides is 3. The summed E-state index contributed by atoms with van der Waals surface area (Å²) in [5, 5.41) is 15.1. The third kappa shape index (κ3) is 7.93. The maximum absolute atomic E-state index is 13.5. The summed E-state index contributed by atoms with van der Waals surface area (Å²) < 4.78 is 16.5. The Kier molecular flexibility index (Phi) is 9.47. The average molecular weight is 657 g/mol. The number of aliphatic imine (C=N–C) groups is 1. The second-order valence-corrected chi connectivity index (χ2v) is 13.6. The predicted octanol–water partition coefficient (Wildman–Crippen LogP) is 6.48. The number of guanidine groups is 1. The molecule has 1 atom stereocenters. The minimum absolute atomic E-state index is 0.0446. The van der Waals surface area contributed by atoms with Gasteiger partial charge in [-0.1, -0.05) is 60.7 Å². The van der Waals surface area contributed by atoms with Crippen LogP contribution in [0.2, 0.25) is 0 Å². The maximum Gasteiger partial charge on any atom is 0.414 e. The van der Waals surface area contributed by atoms with Gasteiger partial charge in [0.05, 0.1) is 12.2 Å². The van der Waals surface area contributed by atoms with Crippen LogP contribution in [-0.2, 0) is 32.0 Å². The number of carbonyl (C=O) groups excluding carboxylic acids is 3. The Morgan fingerprint density at radius 1 is 0.812 bits per heavy atom. The van der Waals surface area contributed by atoms with Crippen LogP contribution in [0.3, 0.4) is 0 Å². The SMILES string of the molecule is CC(C)(C)OC(=O)NC(=Nc1cccc2c1CC(C(=O)O)N(C(=O)OCC1c3ccccc3-c3ccccc31)C2)NC(=O)OC(C)(C)C. The molecule has 0 radical (unpaired) electrons. The number of rotatable bonds is 4. The van der Waals surface area contributed by atoms with Crippen LogP contribution in [0.15, 0.2) is 71.7 Å². The van der Waals surface area contributed by atoms with Gasteiger partial charge in [0.25, 0.3) is 0 Å². The summed E-state index contributed by atoms with van der Waals surface area (Å²) in [6.45, 7) is 10.1. The van der Waals surface area contributed by atoms with Gasteiger partial charge in [0.2, 0.25) is 5.96 Å². The molecule has 0 saturated heterocycles. The third-order valence-corrected chi connectivity index (χ3v) is 7.69. The fraction of sp³-hybridized carbons (Fsp3) is 0.361. The van der Waals surface area contributed by atoms with Crippen LogP contribution < -0.4 is 10.6 Å². The first-order chi connectivity index (χ1) is 22.6. The first-order valence-electron chi connectivity index (χ1n) is 15.6. The van der Waals surface area contributed by atoms with E-state index in [0.717, 1.165) is 22.3 Å². The molecule has 2 aliphatic rings.